The number of sulfonamides is 1. The Labute approximate surface area is 120 Å². The van der Waals surface area contributed by atoms with E-state index in [1.165, 1.54) is 12.1 Å². The van der Waals surface area contributed by atoms with Crippen LogP contribution in [0.5, 0.6) is 0 Å². The molecule has 114 valence electrons. The first-order valence-corrected chi connectivity index (χ1v) is 8.17. The van der Waals surface area contributed by atoms with Crippen molar-refractivity contribution in [2.75, 3.05) is 6.54 Å². The minimum absolute atomic E-state index is 0.313. The van der Waals surface area contributed by atoms with Crippen LogP contribution in [0.2, 0.25) is 0 Å². The standard InChI is InChI=1S/C14H23FN2O2S/c1-5-8-16-10-11-6-7-13(12(15)9-11)20(18,19)17-14(2,3)4/h6-7,9,16-17H,5,8,10H2,1-4H3. The number of hydrogen-bond donors (Lipinski definition) is 2. The van der Waals surface area contributed by atoms with Crippen LogP contribution in [0.3, 0.4) is 0 Å². The molecule has 0 bridgehead atoms. The van der Waals surface area contributed by atoms with Crippen LogP contribution in [0, 0.1) is 5.82 Å². The molecule has 0 atom stereocenters. The van der Waals surface area contributed by atoms with E-state index in [4.69, 9.17) is 0 Å². The summed E-state index contributed by atoms with van der Waals surface area (Å²) in [7, 11) is -3.84. The van der Waals surface area contributed by atoms with E-state index in [9.17, 15) is 12.8 Å². The van der Waals surface area contributed by atoms with Gasteiger partial charge in [-0.1, -0.05) is 13.0 Å². The molecule has 0 radical (unpaired) electrons. The van der Waals surface area contributed by atoms with Gasteiger partial charge in [-0.3, -0.25) is 0 Å². The molecule has 2 N–H and O–H groups in total. The number of halogens is 1. The third kappa shape index (κ3) is 5.19. The van der Waals surface area contributed by atoms with Gasteiger partial charge in [-0.15, -0.1) is 0 Å². The zero-order valence-corrected chi connectivity index (χ0v) is 13.3. The molecular formula is C14H23FN2O2S. The van der Waals surface area contributed by atoms with Gasteiger partial charge in [-0.2, -0.15) is 0 Å². The summed E-state index contributed by atoms with van der Waals surface area (Å²) in [6, 6.07) is 4.20. The highest BCUT2D eigenvalue weighted by atomic mass is 32.2. The maximum absolute atomic E-state index is 14.0. The van der Waals surface area contributed by atoms with E-state index in [2.05, 4.69) is 10.0 Å². The fourth-order valence-electron chi connectivity index (χ4n) is 1.74. The molecule has 0 saturated heterocycles. The number of hydrogen-bond acceptors (Lipinski definition) is 3. The quantitative estimate of drug-likeness (QED) is 0.793. The van der Waals surface area contributed by atoms with Gasteiger partial charge in [-0.25, -0.2) is 17.5 Å². The lowest BCUT2D eigenvalue weighted by atomic mass is 10.1. The molecule has 0 fully saturated rings. The van der Waals surface area contributed by atoms with Crippen molar-refractivity contribution >= 4 is 10.0 Å². The SMILES string of the molecule is CCCNCc1ccc(S(=O)(=O)NC(C)(C)C)c(F)c1. The lowest BCUT2D eigenvalue weighted by molar-refractivity contribution is 0.486. The molecular weight excluding hydrogens is 279 g/mol. The van der Waals surface area contributed by atoms with Crippen LogP contribution in [-0.2, 0) is 16.6 Å². The van der Waals surface area contributed by atoms with Crippen LogP contribution in [0.4, 0.5) is 4.39 Å². The van der Waals surface area contributed by atoms with Crippen molar-refractivity contribution in [1.29, 1.82) is 0 Å². The fourth-order valence-corrected chi connectivity index (χ4v) is 3.22. The minimum Gasteiger partial charge on any atom is -0.313 e. The van der Waals surface area contributed by atoms with Crippen molar-refractivity contribution in [3.8, 4) is 0 Å². The summed E-state index contributed by atoms with van der Waals surface area (Å²) in [6.45, 7) is 8.55. The zero-order chi connectivity index (χ0) is 15.4. The van der Waals surface area contributed by atoms with Gasteiger partial charge in [0.2, 0.25) is 10.0 Å². The first-order chi connectivity index (χ1) is 9.15. The van der Waals surface area contributed by atoms with Crippen molar-refractivity contribution in [2.24, 2.45) is 0 Å². The summed E-state index contributed by atoms with van der Waals surface area (Å²) < 4.78 is 40.6. The molecule has 1 aromatic carbocycles. The summed E-state index contributed by atoms with van der Waals surface area (Å²) >= 11 is 0. The molecule has 1 aromatic rings. The van der Waals surface area contributed by atoms with Gasteiger partial charge in [0, 0.05) is 12.1 Å². The zero-order valence-electron chi connectivity index (χ0n) is 12.5. The Kier molecular flexibility index (Phi) is 5.68. The maximum Gasteiger partial charge on any atom is 0.243 e. The third-order valence-corrected chi connectivity index (χ3v) is 4.27. The molecule has 0 spiro atoms. The first kappa shape index (κ1) is 17.1. The van der Waals surface area contributed by atoms with Gasteiger partial charge in [0.15, 0.2) is 0 Å². The first-order valence-electron chi connectivity index (χ1n) is 6.69. The Morgan fingerprint density at radius 1 is 1.25 bits per heavy atom. The Morgan fingerprint density at radius 2 is 1.90 bits per heavy atom. The van der Waals surface area contributed by atoms with E-state index >= 15 is 0 Å². The number of rotatable bonds is 6. The fraction of sp³-hybridized carbons (Fsp3) is 0.571. The molecule has 4 nitrogen and oxygen atoms in total. The maximum atomic E-state index is 14.0. The van der Waals surface area contributed by atoms with Crippen LogP contribution in [-0.4, -0.2) is 20.5 Å². The van der Waals surface area contributed by atoms with Crippen molar-refractivity contribution in [2.45, 2.75) is 51.1 Å². The van der Waals surface area contributed by atoms with Crippen LogP contribution >= 0.6 is 0 Å². The van der Waals surface area contributed by atoms with Gasteiger partial charge in [0.1, 0.15) is 10.7 Å². The Hall–Kier alpha value is -0.980. The van der Waals surface area contributed by atoms with E-state index in [-0.39, 0.29) is 4.90 Å². The van der Waals surface area contributed by atoms with Crippen molar-refractivity contribution in [1.82, 2.24) is 10.0 Å². The average molecular weight is 302 g/mol. The second-order valence-corrected chi connectivity index (χ2v) is 7.45. The lowest BCUT2D eigenvalue weighted by Gasteiger charge is -2.20. The topological polar surface area (TPSA) is 58.2 Å². The second kappa shape index (κ2) is 6.65. The molecule has 0 aliphatic heterocycles. The normalized spacial score (nSPS) is 12.7. The van der Waals surface area contributed by atoms with E-state index in [1.807, 2.05) is 6.92 Å². The number of nitrogens with one attached hydrogen (secondary N) is 2. The Balaban J connectivity index is 2.93. The molecule has 6 heteroatoms. The molecule has 20 heavy (non-hydrogen) atoms. The van der Waals surface area contributed by atoms with E-state index in [0.717, 1.165) is 18.5 Å². The largest absolute Gasteiger partial charge is 0.313 e. The minimum atomic E-state index is -3.84. The van der Waals surface area contributed by atoms with Crippen LogP contribution in [0.1, 0.15) is 39.7 Å². The molecule has 0 unspecified atom stereocenters. The van der Waals surface area contributed by atoms with Crippen molar-refractivity contribution in [3.05, 3.63) is 29.6 Å². The summed E-state index contributed by atoms with van der Waals surface area (Å²) in [5.74, 6) is -0.724. The van der Waals surface area contributed by atoms with Gasteiger partial charge >= 0.3 is 0 Å². The average Bonchev–Trinajstić information content (AvgIpc) is 2.25. The molecule has 1 rings (SSSR count). The summed E-state index contributed by atoms with van der Waals surface area (Å²) in [5, 5.41) is 3.14. The van der Waals surface area contributed by atoms with Gasteiger partial charge < -0.3 is 5.32 Å². The smallest absolute Gasteiger partial charge is 0.243 e. The molecule has 0 aliphatic rings. The second-order valence-electron chi connectivity index (χ2n) is 5.80. The van der Waals surface area contributed by atoms with Crippen molar-refractivity contribution < 1.29 is 12.8 Å². The summed E-state index contributed by atoms with van der Waals surface area (Å²) in [5.41, 5.74) is 0.0813. The summed E-state index contributed by atoms with van der Waals surface area (Å²) in [4.78, 5) is -0.313. The monoisotopic (exact) mass is 302 g/mol. The van der Waals surface area contributed by atoms with Gasteiger partial charge in [0.05, 0.1) is 0 Å². The molecule has 0 aliphatic carbocycles. The van der Waals surface area contributed by atoms with Crippen LogP contribution in [0.15, 0.2) is 23.1 Å². The van der Waals surface area contributed by atoms with E-state index < -0.39 is 21.4 Å². The van der Waals surface area contributed by atoms with Crippen LogP contribution < -0.4 is 10.0 Å². The molecule has 0 amide bonds. The predicted octanol–water partition coefficient (Wildman–Crippen LogP) is 2.40. The van der Waals surface area contributed by atoms with Crippen molar-refractivity contribution in [3.63, 3.8) is 0 Å². The highest BCUT2D eigenvalue weighted by Gasteiger charge is 2.24. The van der Waals surface area contributed by atoms with Crippen LogP contribution in [0.25, 0.3) is 0 Å². The molecule has 0 aromatic heterocycles. The highest BCUT2D eigenvalue weighted by molar-refractivity contribution is 7.89. The van der Waals surface area contributed by atoms with E-state index in [0.29, 0.717) is 6.54 Å². The third-order valence-electron chi connectivity index (χ3n) is 2.48. The Bertz CT molecular complexity index is 551. The summed E-state index contributed by atoms with van der Waals surface area (Å²) in [6.07, 6.45) is 0.991. The predicted molar refractivity (Wildman–Crippen MR) is 78.5 cm³/mol. The highest BCUT2D eigenvalue weighted by Crippen LogP contribution is 2.18. The molecule has 0 saturated carbocycles. The van der Waals surface area contributed by atoms with E-state index in [1.54, 1.807) is 26.8 Å². The lowest BCUT2D eigenvalue weighted by Crippen LogP contribution is -2.40. The molecule has 0 heterocycles. The Morgan fingerprint density at radius 3 is 2.40 bits per heavy atom. The van der Waals surface area contributed by atoms with Gasteiger partial charge in [-0.05, 0) is 51.4 Å². The van der Waals surface area contributed by atoms with Gasteiger partial charge in [0.25, 0.3) is 0 Å². The number of benzene rings is 1.